The molecule has 0 bridgehead atoms. The molecule has 0 saturated carbocycles. The maximum absolute atomic E-state index is 13.0. The highest BCUT2D eigenvalue weighted by Gasteiger charge is 2.22. The lowest BCUT2D eigenvalue weighted by molar-refractivity contribution is -0.132. The van der Waals surface area contributed by atoms with Gasteiger partial charge in [-0.3, -0.25) is 9.89 Å². The van der Waals surface area contributed by atoms with Crippen molar-refractivity contribution in [3.8, 4) is 11.3 Å². The van der Waals surface area contributed by atoms with Gasteiger partial charge < -0.3 is 16.0 Å². The lowest BCUT2D eigenvalue weighted by Gasteiger charge is -2.24. The number of primary amides is 1. The number of amides is 3. The quantitative estimate of drug-likeness (QED) is 0.562. The first kappa shape index (κ1) is 21.7. The van der Waals surface area contributed by atoms with Crippen molar-refractivity contribution in [1.82, 2.24) is 20.4 Å². The first-order valence-electron chi connectivity index (χ1n) is 9.00. The number of aryl methyl sites for hydroxylation is 1. The summed E-state index contributed by atoms with van der Waals surface area (Å²) >= 11 is 1.61. The lowest BCUT2D eigenvalue weighted by Crippen LogP contribution is -2.49. The molecule has 28 heavy (non-hydrogen) atoms. The Hall–Kier alpha value is -2.55. The zero-order chi connectivity index (χ0) is 20.5. The fourth-order valence-corrected chi connectivity index (χ4v) is 3.28. The minimum Gasteiger partial charge on any atom is -0.352 e. The van der Waals surface area contributed by atoms with Crippen molar-refractivity contribution in [2.24, 2.45) is 5.73 Å². The first-order valence-corrected chi connectivity index (χ1v) is 10.4. The van der Waals surface area contributed by atoms with E-state index in [9.17, 15) is 14.0 Å². The number of thioether (sulfide) groups is 1. The van der Waals surface area contributed by atoms with E-state index in [2.05, 4.69) is 15.5 Å². The topological polar surface area (TPSA) is 104 Å². The van der Waals surface area contributed by atoms with Crippen LogP contribution in [0.5, 0.6) is 0 Å². The summed E-state index contributed by atoms with van der Waals surface area (Å²) in [5.41, 5.74) is 7.71. The van der Waals surface area contributed by atoms with Crippen LogP contribution in [-0.4, -0.2) is 58.7 Å². The molecular formula is C19H26FN5O2S. The number of carbonyl (C=O) groups is 2. The number of hydrogen-bond donors (Lipinski definition) is 3. The number of nitrogens with zero attached hydrogens (tertiary/aromatic N) is 2. The van der Waals surface area contributed by atoms with Gasteiger partial charge in [-0.05, 0) is 61.6 Å². The highest BCUT2D eigenvalue weighted by molar-refractivity contribution is 7.98. The van der Waals surface area contributed by atoms with Crippen LogP contribution in [-0.2, 0) is 11.2 Å². The van der Waals surface area contributed by atoms with Gasteiger partial charge in [-0.1, -0.05) is 0 Å². The fraction of sp³-hybridized carbons (Fsp3) is 0.421. The number of urea groups is 1. The van der Waals surface area contributed by atoms with Gasteiger partial charge in [0.15, 0.2) is 0 Å². The molecule has 152 valence electrons. The number of likely N-dealkylation sites (N-methyl/N-ethyl adjacent to an activating group) is 1. The summed E-state index contributed by atoms with van der Waals surface area (Å²) in [5.74, 6) is 0.323. The summed E-state index contributed by atoms with van der Waals surface area (Å²) in [4.78, 5) is 25.3. The summed E-state index contributed by atoms with van der Waals surface area (Å²) in [6.45, 7) is 0.542. The second-order valence-electron chi connectivity index (χ2n) is 6.49. The second-order valence-corrected chi connectivity index (χ2v) is 7.48. The van der Waals surface area contributed by atoms with Crippen molar-refractivity contribution in [2.75, 3.05) is 25.6 Å². The van der Waals surface area contributed by atoms with Gasteiger partial charge in [-0.15, -0.1) is 0 Å². The largest absolute Gasteiger partial charge is 0.352 e. The molecule has 2 rings (SSSR count). The van der Waals surface area contributed by atoms with Crippen LogP contribution in [0.1, 0.15) is 18.5 Å². The molecule has 0 radical (unpaired) electrons. The van der Waals surface area contributed by atoms with Crippen LogP contribution >= 0.6 is 11.8 Å². The maximum atomic E-state index is 13.0. The van der Waals surface area contributed by atoms with E-state index in [1.807, 2.05) is 12.3 Å². The molecule has 0 fully saturated rings. The molecule has 0 aliphatic rings. The number of nitrogens with one attached hydrogen (secondary N) is 2. The van der Waals surface area contributed by atoms with Gasteiger partial charge >= 0.3 is 6.03 Å². The van der Waals surface area contributed by atoms with Gasteiger partial charge in [0.1, 0.15) is 11.9 Å². The second kappa shape index (κ2) is 10.7. The van der Waals surface area contributed by atoms with Crippen LogP contribution in [0.4, 0.5) is 9.18 Å². The molecule has 4 N–H and O–H groups in total. The van der Waals surface area contributed by atoms with Crippen molar-refractivity contribution in [3.63, 3.8) is 0 Å². The van der Waals surface area contributed by atoms with Crippen LogP contribution in [0.3, 0.4) is 0 Å². The minimum atomic E-state index is -0.696. The summed E-state index contributed by atoms with van der Waals surface area (Å²) in [6.07, 6.45) is 3.93. The van der Waals surface area contributed by atoms with Crippen LogP contribution in [0.25, 0.3) is 11.3 Å². The molecule has 1 unspecified atom stereocenters. The van der Waals surface area contributed by atoms with Gasteiger partial charge in [0.25, 0.3) is 0 Å². The van der Waals surface area contributed by atoms with Gasteiger partial charge in [-0.25, -0.2) is 9.18 Å². The Morgan fingerprint density at radius 3 is 2.71 bits per heavy atom. The Morgan fingerprint density at radius 1 is 1.36 bits per heavy atom. The average Bonchev–Trinajstić information content (AvgIpc) is 3.13. The highest BCUT2D eigenvalue weighted by Crippen LogP contribution is 2.18. The summed E-state index contributed by atoms with van der Waals surface area (Å²) in [5, 5.41) is 9.75. The molecule has 7 nitrogen and oxygen atoms in total. The van der Waals surface area contributed by atoms with E-state index in [0.29, 0.717) is 19.4 Å². The maximum Gasteiger partial charge on any atom is 0.312 e. The molecule has 1 heterocycles. The van der Waals surface area contributed by atoms with Gasteiger partial charge in [0, 0.05) is 24.8 Å². The number of aromatic nitrogens is 2. The molecule has 0 aliphatic heterocycles. The van der Waals surface area contributed by atoms with Crippen LogP contribution < -0.4 is 11.1 Å². The highest BCUT2D eigenvalue weighted by atomic mass is 32.2. The number of benzene rings is 1. The molecule has 1 aromatic carbocycles. The van der Waals surface area contributed by atoms with Crippen molar-refractivity contribution in [1.29, 1.82) is 0 Å². The number of hydrogen-bond acceptors (Lipinski definition) is 4. The number of carbonyl (C=O) groups excluding carboxylic acids is 2. The van der Waals surface area contributed by atoms with E-state index in [1.54, 1.807) is 35.8 Å². The third-order valence-electron chi connectivity index (χ3n) is 4.31. The summed E-state index contributed by atoms with van der Waals surface area (Å²) in [6, 6.07) is 6.79. The average molecular weight is 408 g/mol. The van der Waals surface area contributed by atoms with Crippen LogP contribution in [0.15, 0.2) is 30.3 Å². The Labute approximate surface area is 168 Å². The van der Waals surface area contributed by atoms with Gasteiger partial charge in [0.2, 0.25) is 5.91 Å². The van der Waals surface area contributed by atoms with Crippen LogP contribution in [0.2, 0.25) is 0 Å². The molecule has 1 aromatic heterocycles. The monoisotopic (exact) mass is 407 g/mol. The van der Waals surface area contributed by atoms with E-state index in [1.165, 1.54) is 12.1 Å². The fourth-order valence-electron chi connectivity index (χ4n) is 2.81. The number of nitrogens with two attached hydrogens (primary N) is 1. The third-order valence-corrected chi connectivity index (χ3v) is 4.96. The number of rotatable bonds is 10. The van der Waals surface area contributed by atoms with Gasteiger partial charge in [0.05, 0.1) is 5.69 Å². The SMILES string of the molecule is CSCCC(NC(N)=O)C(=O)N(C)CCCc1cc(-c2ccc(F)cc2)n[nH]1. The number of aromatic amines is 1. The summed E-state index contributed by atoms with van der Waals surface area (Å²) in [7, 11) is 1.72. The summed E-state index contributed by atoms with van der Waals surface area (Å²) < 4.78 is 13.0. The van der Waals surface area contributed by atoms with Gasteiger partial charge in [-0.2, -0.15) is 16.9 Å². The Morgan fingerprint density at radius 2 is 2.07 bits per heavy atom. The molecule has 0 spiro atoms. The molecule has 1 atom stereocenters. The van der Waals surface area contributed by atoms with Crippen molar-refractivity contribution >= 4 is 23.7 Å². The van der Waals surface area contributed by atoms with Crippen LogP contribution in [0, 0.1) is 5.82 Å². The molecule has 3 amide bonds. The van der Waals surface area contributed by atoms with Crippen molar-refractivity contribution in [2.45, 2.75) is 25.3 Å². The van der Waals surface area contributed by atoms with Crippen molar-refractivity contribution in [3.05, 3.63) is 41.8 Å². The Balaban J connectivity index is 1.85. The smallest absolute Gasteiger partial charge is 0.312 e. The predicted octanol–water partition coefficient (Wildman–Crippen LogP) is 2.40. The van der Waals surface area contributed by atoms with E-state index in [-0.39, 0.29) is 11.7 Å². The zero-order valence-corrected chi connectivity index (χ0v) is 16.9. The third kappa shape index (κ3) is 6.56. The van der Waals surface area contributed by atoms with E-state index in [0.717, 1.165) is 29.1 Å². The first-order chi connectivity index (χ1) is 13.4. The molecule has 0 saturated heterocycles. The standard InChI is InChI=1S/C19H26FN5O2S/c1-25(18(26)16(9-11-28-2)22-19(21)27)10-3-4-15-12-17(24-23-15)13-5-7-14(20)8-6-13/h5-8,12,16H,3-4,9-11H2,1-2H3,(H,23,24)(H3,21,22,27). The molecular weight excluding hydrogens is 381 g/mol. The lowest BCUT2D eigenvalue weighted by atomic mass is 10.1. The Kier molecular flexibility index (Phi) is 8.31. The van der Waals surface area contributed by atoms with E-state index in [4.69, 9.17) is 5.73 Å². The Bertz CT molecular complexity index is 781. The zero-order valence-electron chi connectivity index (χ0n) is 16.1. The predicted molar refractivity (Wildman–Crippen MR) is 109 cm³/mol. The molecule has 2 aromatic rings. The van der Waals surface area contributed by atoms with Crippen molar-refractivity contribution < 1.29 is 14.0 Å². The number of H-pyrrole nitrogens is 1. The van der Waals surface area contributed by atoms with E-state index < -0.39 is 12.1 Å². The minimum absolute atomic E-state index is 0.149. The number of halogens is 1. The molecule has 0 aliphatic carbocycles. The normalized spacial score (nSPS) is 11.8. The van der Waals surface area contributed by atoms with E-state index >= 15 is 0 Å². The molecule has 9 heteroatoms.